The number of carboxylic acid groups (broad SMARTS) is 1. The molecule has 0 radical (unpaired) electrons. The molecule has 2 rings (SSSR count). The van der Waals surface area contributed by atoms with Gasteiger partial charge in [0.05, 0.1) is 17.0 Å². The summed E-state index contributed by atoms with van der Waals surface area (Å²) in [4.78, 5) is 36.9. The van der Waals surface area contributed by atoms with Crippen molar-refractivity contribution in [1.29, 1.82) is 0 Å². The normalized spacial score (nSPS) is 19.7. The van der Waals surface area contributed by atoms with Crippen molar-refractivity contribution in [3.8, 4) is 0 Å². The molecule has 1 aliphatic carbocycles. The molecule has 0 amide bonds. The van der Waals surface area contributed by atoms with Crippen LogP contribution in [0.5, 0.6) is 0 Å². The molecule has 13 heteroatoms. The van der Waals surface area contributed by atoms with Gasteiger partial charge in [0.2, 0.25) is 6.10 Å². The molecular weight excluding hydrogens is 497 g/mol. The highest BCUT2D eigenvalue weighted by Gasteiger charge is 2.46. The molecule has 0 heterocycles. The summed E-state index contributed by atoms with van der Waals surface area (Å²) < 4.78 is 79.2. The Hall–Kier alpha value is -2.67. The van der Waals surface area contributed by atoms with Gasteiger partial charge in [-0.15, -0.1) is 0 Å². The molecule has 1 unspecified atom stereocenters. The number of carboxylic acids is 1. The van der Waals surface area contributed by atoms with Crippen LogP contribution in [0.25, 0.3) is 0 Å². The fraction of sp³-hybridized carbons (Fsp3) is 0.591. The van der Waals surface area contributed by atoms with Gasteiger partial charge in [0.15, 0.2) is 0 Å². The Labute approximate surface area is 200 Å². The second kappa shape index (κ2) is 10.5. The zero-order valence-electron chi connectivity index (χ0n) is 19.6. The summed E-state index contributed by atoms with van der Waals surface area (Å²) in [6.07, 6.45) is -8.69. The van der Waals surface area contributed by atoms with Crippen molar-refractivity contribution in [3.63, 3.8) is 0 Å². The molecular formula is C22H27F3O9S. The summed E-state index contributed by atoms with van der Waals surface area (Å²) in [5, 5.41) is 9.64. The number of aromatic carboxylic acids is 1. The standard InChI is InChI=1S/C22H27F3O9S/c1-10-11(2)13(4)18(17(12(10)3)19(26)27)21(29)33-15-7-5-14(6-8-15)20(28)34-16(22(23,24)25)9-35(30,31)32/h14-16H,5-9H2,1-4H3,(H,26,27)(H,30,31,32). The molecule has 0 aromatic heterocycles. The molecule has 1 fully saturated rings. The van der Waals surface area contributed by atoms with E-state index in [1.165, 1.54) is 0 Å². The minimum Gasteiger partial charge on any atom is -0.478 e. The molecule has 196 valence electrons. The van der Waals surface area contributed by atoms with Gasteiger partial charge in [0.1, 0.15) is 11.9 Å². The van der Waals surface area contributed by atoms with Crippen molar-refractivity contribution in [2.24, 2.45) is 5.92 Å². The van der Waals surface area contributed by atoms with Crippen molar-refractivity contribution >= 4 is 28.0 Å². The van der Waals surface area contributed by atoms with E-state index in [-0.39, 0.29) is 36.8 Å². The first-order valence-electron chi connectivity index (χ1n) is 10.7. The van der Waals surface area contributed by atoms with E-state index in [0.717, 1.165) is 11.1 Å². The monoisotopic (exact) mass is 524 g/mol. The van der Waals surface area contributed by atoms with Gasteiger partial charge < -0.3 is 14.6 Å². The van der Waals surface area contributed by atoms with Gasteiger partial charge in [-0.25, -0.2) is 9.59 Å². The first kappa shape index (κ1) is 28.6. The van der Waals surface area contributed by atoms with E-state index < -0.39 is 58.1 Å². The second-order valence-electron chi connectivity index (χ2n) is 8.65. The summed E-state index contributed by atoms with van der Waals surface area (Å²) >= 11 is 0. The zero-order valence-corrected chi connectivity index (χ0v) is 20.4. The van der Waals surface area contributed by atoms with Crippen LogP contribution in [-0.4, -0.2) is 60.1 Å². The molecule has 0 spiro atoms. The summed E-state index contributed by atoms with van der Waals surface area (Å²) in [6, 6.07) is 0. The van der Waals surface area contributed by atoms with E-state index in [4.69, 9.17) is 9.29 Å². The lowest BCUT2D eigenvalue weighted by Gasteiger charge is -2.29. The van der Waals surface area contributed by atoms with Gasteiger partial charge in [0, 0.05) is 0 Å². The molecule has 35 heavy (non-hydrogen) atoms. The summed E-state index contributed by atoms with van der Waals surface area (Å²) in [7, 11) is -5.05. The van der Waals surface area contributed by atoms with E-state index in [9.17, 15) is 41.1 Å². The van der Waals surface area contributed by atoms with Crippen molar-refractivity contribution in [2.75, 3.05) is 5.75 Å². The molecule has 2 N–H and O–H groups in total. The Morgan fingerprint density at radius 3 is 1.86 bits per heavy atom. The maximum atomic E-state index is 13.0. The highest BCUT2D eigenvalue weighted by atomic mass is 32.2. The third kappa shape index (κ3) is 6.94. The Bertz CT molecular complexity index is 1120. The first-order chi connectivity index (χ1) is 15.9. The number of hydrogen-bond donors (Lipinski definition) is 2. The number of carbonyl (C=O) groups excluding carboxylic acids is 2. The Kier molecular flexibility index (Phi) is 8.59. The summed E-state index contributed by atoms with van der Waals surface area (Å²) in [6.45, 7) is 6.71. The number of esters is 2. The smallest absolute Gasteiger partial charge is 0.426 e. The average molecular weight is 525 g/mol. The van der Waals surface area contributed by atoms with Gasteiger partial charge in [-0.1, -0.05) is 0 Å². The second-order valence-corrected chi connectivity index (χ2v) is 10.1. The molecule has 1 aliphatic rings. The van der Waals surface area contributed by atoms with Gasteiger partial charge in [-0.2, -0.15) is 21.6 Å². The van der Waals surface area contributed by atoms with E-state index in [0.29, 0.717) is 11.1 Å². The molecule has 0 bridgehead atoms. The number of rotatable bonds is 7. The van der Waals surface area contributed by atoms with Crippen LogP contribution in [0, 0.1) is 33.6 Å². The van der Waals surface area contributed by atoms with Crippen LogP contribution in [0.2, 0.25) is 0 Å². The maximum absolute atomic E-state index is 13.0. The lowest BCUT2D eigenvalue weighted by molar-refractivity contribution is -0.218. The number of hydrogen-bond acceptors (Lipinski definition) is 7. The van der Waals surface area contributed by atoms with Crippen LogP contribution >= 0.6 is 0 Å². The lowest BCUT2D eigenvalue weighted by Crippen LogP contribution is -2.41. The van der Waals surface area contributed by atoms with Crippen molar-refractivity contribution in [2.45, 2.75) is 71.8 Å². The Morgan fingerprint density at radius 1 is 0.943 bits per heavy atom. The average Bonchev–Trinajstić information content (AvgIpc) is 2.72. The Balaban J connectivity index is 2.09. The van der Waals surface area contributed by atoms with Gasteiger partial charge in [0.25, 0.3) is 10.1 Å². The highest BCUT2D eigenvalue weighted by molar-refractivity contribution is 7.85. The van der Waals surface area contributed by atoms with Crippen LogP contribution in [0.15, 0.2) is 0 Å². The van der Waals surface area contributed by atoms with E-state index in [1.807, 2.05) is 0 Å². The molecule has 9 nitrogen and oxygen atoms in total. The van der Waals surface area contributed by atoms with E-state index in [1.54, 1.807) is 27.7 Å². The van der Waals surface area contributed by atoms with Crippen LogP contribution < -0.4 is 0 Å². The topological polar surface area (TPSA) is 144 Å². The zero-order chi connectivity index (χ0) is 26.9. The minimum atomic E-state index is -5.19. The maximum Gasteiger partial charge on any atom is 0.426 e. The summed E-state index contributed by atoms with van der Waals surface area (Å²) in [5.41, 5.74) is 2.15. The number of benzene rings is 1. The predicted molar refractivity (Wildman–Crippen MR) is 116 cm³/mol. The van der Waals surface area contributed by atoms with Crippen molar-refractivity contribution < 1.29 is 55.1 Å². The molecule has 1 saturated carbocycles. The number of halogens is 3. The molecule has 0 aliphatic heterocycles. The van der Waals surface area contributed by atoms with Crippen LogP contribution in [0.3, 0.4) is 0 Å². The van der Waals surface area contributed by atoms with Crippen LogP contribution in [0.4, 0.5) is 13.2 Å². The Morgan fingerprint density at radius 2 is 1.43 bits per heavy atom. The number of ether oxygens (including phenoxy) is 2. The van der Waals surface area contributed by atoms with E-state index >= 15 is 0 Å². The van der Waals surface area contributed by atoms with Crippen LogP contribution in [0.1, 0.15) is 68.7 Å². The van der Waals surface area contributed by atoms with E-state index in [2.05, 4.69) is 4.74 Å². The third-order valence-corrected chi connectivity index (χ3v) is 7.10. The minimum absolute atomic E-state index is 0.00392. The van der Waals surface area contributed by atoms with Gasteiger partial charge in [-0.05, 0) is 75.6 Å². The van der Waals surface area contributed by atoms with Crippen molar-refractivity contribution in [3.05, 3.63) is 33.4 Å². The predicted octanol–water partition coefficient (Wildman–Crippen LogP) is 3.70. The quantitative estimate of drug-likeness (QED) is 0.403. The third-order valence-electron chi connectivity index (χ3n) is 6.37. The largest absolute Gasteiger partial charge is 0.478 e. The van der Waals surface area contributed by atoms with Crippen molar-refractivity contribution in [1.82, 2.24) is 0 Å². The molecule has 1 aromatic carbocycles. The SMILES string of the molecule is Cc1c(C)c(C)c(C(=O)OC2CCC(C(=O)OC(CS(=O)(=O)O)C(F)(F)F)CC2)c(C(=O)O)c1C. The number of alkyl halides is 3. The van der Waals surface area contributed by atoms with Gasteiger partial charge >= 0.3 is 24.1 Å². The molecule has 1 atom stereocenters. The highest BCUT2D eigenvalue weighted by Crippen LogP contribution is 2.32. The van der Waals surface area contributed by atoms with Crippen LogP contribution in [-0.2, 0) is 24.4 Å². The summed E-state index contributed by atoms with van der Waals surface area (Å²) in [5.74, 6) is -6.19. The van der Waals surface area contributed by atoms with Gasteiger partial charge in [-0.3, -0.25) is 9.35 Å². The lowest BCUT2D eigenvalue weighted by atomic mass is 9.87. The molecule has 1 aromatic rings. The number of carbonyl (C=O) groups is 3. The first-order valence-corrected chi connectivity index (χ1v) is 12.3. The molecule has 0 saturated heterocycles. The fourth-order valence-electron chi connectivity index (χ4n) is 4.08. The fourth-order valence-corrected chi connectivity index (χ4v) is 4.72.